The number of hydrogen-bond acceptors (Lipinski definition) is 4. The Morgan fingerprint density at radius 1 is 1.07 bits per heavy atom. The number of phenolic OH excluding ortho intramolecular Hbond substituents is 1. The van der Waals surface area contributed by atoms with Crippen molar-refractivity contribution >= 4 is 33.9 Å². The number of rotatable bonds is 4. The zero-order chi connectivity index (χ0) is 21.5. The lowest BCUT2D eigenvalue weighted by Crippen LogP contribution is -2.28. The van der Waals surface area contributed by atoms with E-state index >= 15 is 0 Å². The molecule has 0 aliphatic heterocycles. The lowest BCUT2D eigenvalue weighted by Gasteiger charge is -2.19. The van der Waals surface area contributed by atoms with Gasteiger partial charge in [0, 0.05) is 28.9 Å². The molecule has 0 amide bonds. The molecule has 30 heavy (non-hydrogen) atoms. The number of phenols is 1. The van der Waals surface area contributed by atoms with E-state index in [4.69, 9.17) is 17.3 Å². The zero-order valence-corrected chi connectivity index (χ0v) is 17.3. The lowest BCUT2D eigenvalue weighted by atomic mass is 9.95. The molecule has 0 unspecified atom stereocenters. The summed E-state index contributed by atoms with van der Waals surface area (Å²) in [5.41, 5.74) is 10.5. The maximum Gasteiger partial charge on any atom is 0.170 e. The first-order valence-corrected chi connectivity index (χ1v) is 9.75. The highest BCUT2D eigenvalue weighted by Gasteiger charge is 2.14. The Morgan fingerprint density at radius 3 is 2.47 bits per heavy atom. The maximum atomic E-state index is 13.9. The number of nitrogens with two attached hydrogens (primary N) is 1. The van der Waals surface area contributed by atoms with E-state index in [1.54, 1.807) is 6.20 Å². The summed E-state index contributed by atoms with van der Waals surface area (Å²) < 4.78 is 13.9. The Balaban J connectivity index is 1.73. The van der Waals surface area contributed by atoms with Crippen LogP contribution in [-0.4, -0.2) is 10.1 Å². The molecule has 0 saturated heterocycles. The van der Waals surface area contributed by atoms with Crippen LogP contribution in [0.15, 0.2) is 60.8 Å². The first-order chi connectivity index (χ1) is 14.2. The predicted molar refractivity (Wildman–Crippen MR) is 120 cm³/mol. The van der Waals surface area contributed by atoms with Crippen LogP contribution in [0, 0.1) is 11.9 Å². The van der Waals surface area contributed by atoms with E-state index in [1.165, 1.54) is 12.1 Å². The number of aromatic hydroxyl groups is 1. The summed E-state index contributed by atoms with van der Waals surface area (Å²) in [6, 6.07) is 19.4. The number of aromatic nitrogens is 1. The van der Waals surface area contributed by atoms with Crippen molar-refractivity contribution in [2.45, 2.75) is 19.4 Å². The molecule has 1 aromatic heterocycles. The smallest absolute Gasteiger partial charge is 0.170 e. The van der Waals surface area contributed by atoms with Crippen molar-refractivity contribution in [3.63, 3.8) is 0 Å². The normalized spacial score (nSPS) is 11.6. The fourth-order valence-electron chi connectivity index (χ4n) is 3.24. The van der Waals surface area contributed by atoms with Gasteiger partial charge in [-0.25, -0.2) is 4.39 Å². The van der Waals surface area contributed by atoms with Crippen molar-refractivity contribution in [2.24, 2.45) is 5.73 Å². The molecule has 0 aliphatic rings. The molecule has 0 saturated carbocycles. The molecular weight excluding hydrogens is 401 g/mol. The highest BCUT2D eigenvalue weighted by atomic mass is 35.5. The molecule has 6 heteroatoms. The third kappa shape index (κ3) is 3.95. The van der Waals surface area contributed by atoms with Crippen molar-refractivity contribution in [3.8, 4) is 16.9 Å². The van der Waals surface area contributed by atoms with Gasteiger partial charge in [0.2, 0.25) is 0 Å². The van der Waals surface area contributed by atoms with Crippen LogP contribution >= 0.6 is 11.6 Å². The van der Waals surface area contributed by atoms with Gasteiger partial charge in [-0.3, -0.25) is 4.98 Å². The number of nitrogens with one attached hydrogen (secondary N) is 1. The monoisotopic (exact) mass is 420 g/mol. The number of fused-ring (bicyclic) bond motifs is 1. The van der Waals surface area contributed by atoms with Crippen LogP contribution in [0.5, 0.6) is 5.75 Å². The van der Waals surface area contributed by atoms with Crippen molar-refractivity contribution in [3.05, 3.63) is 83.3 Å². The van der Waals surface area contributed by atoms with Gasteiger partial charge in [-0.1, -0.05) is 29.8 Å². The molecule has 1 radical (unpaired) electrons. The van der Waals surface area contributed by atoms with Crippen LogP contribution in [0.25, 0.3) is 22.0 Å². The fraction of sp³-hybridized carbons (Fsp3) is 0.125. The van der Waals surface area contributed by atoms with Crippen molar-refractivity contribution in [1.82, 2.24) is 4.98 Å². The third-order valence-corrected chi connectivity index (χ3v) is 5.22. The van der Waals surface area contributed by atoms with Gasteiger partial charge < -0.3 is 16.2 Å². The second-order valence-electron chi connectivity index (χ2n) is 7.72. The van der Waals surface area contributed by atoms with Gasteiger partial charge >= 0.3 is 0 Å². The van der Waals surface area contributed by atoms with Crippen LogP contribution < -0.4 is 11.1 Å². The van der Waals surface area contributed by atoms with Gasteiger partial charge in [0.25, 0.3) is 0 Å². The molecule has 0 fully saturated rings. The van der Waals surface area contributed by atoms with Crippen molar-refractivity contribution in [2.75, 3.05) is 5.32 Å². The summed E-state index contributed by atoms with van der Waals surface area (Å²) in [4.78, 5) is 4.36. The molecule has 4 N–H and O–H groups in total. The van der Waals surface area contributed by atoms with Gasteiger partial charge in [0.15, 0.2) is 11.6 Å². The van der Waals surface area contributed by atoms with Gasteiger partial charge in [-0.15, -0.1) is 0 Å². The topological polar surface area (TPSA) is 71.2 Å². The number of nitrogens with zero attached hydrogens (tertiary/aromatic N) is 1. The molecular formula is C24H20ClFN3O. The number of halogens is 2. The zero-order valence-electron chi connectivity index (χ0n) is 16.5. The minimum absolute atomic E-state index is 0.0379. The van der Waals surface area contributed by atoms with E-state index in [9.17, 15) is 9.50 Å². The summed E-state index contributed by atoms with van der Waals surface area (Å²) in [6.45, 7) is 3.92. The van der Waals surface area contributed by atoms with Gasteiger partial charge in [-0.05, 0) is 66.9 Å². The Hall–Kier alpha value is -3.15. The van der Waals surface area contributed by atoms with E-state index in [0.717, 1.165) is 33.4 Å². The predicted octanol–water partition coefficient (Wildman–Crippen LogP) is 6.14. The molecule has 1 heterocycles. The largest absolute Gasteiger partial charge is 0.504 e. The van der Waals surface area contributed by atoms with E-state index in [1.807, 2.05) is 56.3 Å². The molecule has 151 valence electrons. The molecule has 4 nitrogen and oxygen atoms in total. The first-order valence-electron chi connectivity index (χ1n) is 9.37. The second-order valence-corrected chi connectivity index (χ2v) is 8.13. The average molecular weight is 421 g/mol. The maximum absolute atomic E-state index is 13.9. The molecule has 0 aliphatic carbocycles. The van der Waals surface area contributed by atoms with E-state index in [2.05, 4.69) is 16.4 Å². The summed E-state index contributed by atoms with van der Waals surface area (Å²) in [6.07, 6.45) is 1.61. The van der Waals surface area contributed by atoms with E-state index in [-0.39, 0.29) is 5.02 Å². The third-order valence-electron chi connectivity index (χ3n) is 4.93. The van der Waals surface area contributed by atoms with E-state index < -0.39 is 17.1 Å². The molecule has 0 spiro atoms. The Kier molecular flexibility index (Phi) is 5.10. The minimum atomic E-state index is -0.767. The Morgan fingerprint density at radius 2 is 1.80 bits per heavy atom. The molecule has 0 atom stereocenters. The van der Waals surface area contributed by atoms with Gasteiger partial charge in [-0.2, -0.15) is 0 Å². The number of pyridine rings is 1. The molecule has 4 rings (SSSR count). The minimum Gasteiger partial charge on any atom is -0.504 e. The van der Waals surface area contributed by atoms with Gasteiger partial charge in [0.05, 0.1) is 16.2 Å². The highest BCUT2D eigenvalue weighted by Crippen LogP contribution is 2.35. The van der Waals surface area contributed by atoms with Gasteiger partial charge in [0.1, 0.15) is 0 Å². The van der Waals surface area contributed by atoms with Crippen LogP contribution in [0.2, 0.25) is 5.02 Å². The Labute approximate surface area is 179 Å². The average Bonchev–Trinajstić information content (AvgIpc) is 2.71. The van der Waals surface area contributed by atoms with Crippen LogP contribution in [-0.2, 0) is 5.54 Å². The fourth-order valence-corrected chi connectivity index (χ4v) is 3.44. The number of anilines is 2. The molecule has 4 aromatic rings. The summed E-state index contributed by atoms with van der Waals surface area (Å²) in [7, 11) is 0. The molecule has 0 bridgehead atoms. The van der Waals surface area contributed by atoms with Crippen LogP contribution in [0.4, 0.5) is 15.8 Å². The molecule has 3 aromatic carbocycles. The summed E-state index contributed by atoms with van der Waals surface area (Å²) >= 11 is 5.94. The number of hydrogen-bond donors (Lipinski definition) is 3. The quantitative estimate of drug-likeness (QED) is 0.371. The van der Waals surface area contributed by atoms with Crippen molar-refractivity contribution in [1.29, 1.82) is 0 Å². The van der Waals surface area contributed by atoms with E-state index in [0.29, 0.717) is 5.56 Å². The second kappa shape index (κ2) is 7.59. The number of benzene rings is 3. The first kappa shape index (κ1) is 20.1. The standard InChI is InChI=1S/C24H20ClFN3O/c1-24(2,27)16-4-6-17(7-5-16)29-22-9-10-28-21-8-3-14(11-18(21)22)15-12-19(25)23(30)20(26)13-15/h3-8,10-13,30H,27H2,1-2H3,(H,28,29). The summed E-state index contributed by atoms with van der Waals surface area (Å²) in [5.74, 6) is -1.32. The van der Waals surface area contributed by atoms with Crippen LogP contribution in [0.3, 0.4) is 0 Å². The SMILES string of the molecule is CC(C)(N)c1ccc(Nc2[c]cnc3ccc(-c4cc(F)c(O)c(Cl)c4)cc23)cc1. The van der Waals surface area contributed by atoms with Crippen LogP contribution in [0.1, 0.15) is 19.4 Å². The lowest BCUT2D eigenvalue weighted by molar-refractivity contribution is 0.433. The summed E-state index contributed by atoms with van der Waals surface area (Å²) in [5, 5.41) is 13.7. The van der Waals surface area contributed by atoms with Crippen molar-refractivity contribution < 1.29 is 9.50 Å². The Bertz CT molecular complexity index is 1210. The highest BCUT2D eigenvalue weighted by molar-refractivity contribution is 6.32.